The molecule has 0 unspecified atom stereocenters. The van der Waals surface area contributed by atoms with E-state index in [1.807, 2.05) is 0 Å². The summed E-state index contributed by atoms with van der Waals surface area (Å²) in [5, 5.41) is 0. The summed E-state index contributed by atoms with van der Waals surface area (Å²) in [4.78, 5) is 11.4. The van der Waals surface area contributed by atoms with Gasteiger partial charge in [0.1, 0.15) is 5.75 Å². The summed E-state index contributed by atoms with van der Waals surface area (Å²) in [7, 11) is 1.22. The van der Waals surface area contributed by atoms with Crippen LogP contribution < -0.4 is 4.74 Å². The molecule has 1 aliphatic rings. The van der Waals surface area contributed by atoms with Crippen molar-refractivity contribution in [1.82, 2.24) is 0 Å². The lowest BCUT2D eigenvalue weighted by molar-refractivity contribution is -0.151. The lowest BCUT2D eigenvalue weighted by atomic mass is 10.2. The Bertz CT molecular complexity index is 464. The van der Waals surface area contributed by atoms with Gasteiger partial charge in [0.05, 0.1) is 12.7 Å². The van der Waals surface area contributed by atoms with Gasteiger partial charge >= 0.3 is 12.1 Å². The van der Waals surface area contributed by atoms with Crippen molar-refractivity contribution in [3.05, 3.63) is 29.8 Å². The Morgan fingerprint density at radius 3 is 2.50 bits per heavy atom. The van der Waals surface area contributed by atoms with Crippen molar-refractivity contribution in [1.29, 1.82) is 0 Å². The van der Waals surface area contributed by atoms with Crippen molar-refractivity contribution in [3.8, 4) is 5.75 Å². The van der Waals surface area contributed by atoms with E-state index in [9.17, 15) is 18.0 Å². The summed E-state index contributed by atoms with van der Waals surface area (Å²) >= 11 is 0. The van der Waals surface area contributed by atoms with Crippen molar-refractivity contribution in [2.75, 3.05) is 7.11 Å². The SMILES string of the molecule is COC(=O)C1(Oc2cccc(C(F)(F)F)c2)CC1. The summed E-state index contributed by atoms with van der Waals surface area (Å²) in [6.45, 7) is 0. The molecule has 0 spiro atoms. The van der Waals surface area contributed by atoms with Gasteiger partial charge in [-0.25, -0.2) is 4.79 Å². The summed E-state index contributed by atoms with van der Waals surface area (Å²) in [5.41, 5.74) is -1.90. The average Bonchev–Trinajstić information content (AvgIpc) is 3.08. The third-order valence-corrected chi connectivity index (χ3v) is 2.74. The largest absolute Gasteiger partial charge is 0.476 e. The molecule has 18 heavy (non-hydrogen) atoms. The average molecular weight is 260 g/mol. The van der Waals surface area contributed by atoms with E-state index in [0.29, 0.717) is 12.8 Å². The predicted octanol–water partition coefficient (Wildman–Crippen LogP) is 2.79. The molecule has 0 N–H and O–H groups in total. The molecule has 3 nitrogen and oxygen atoms in total. The molecule has 1 fully saturated rings. The molecule has 1 aromatic carbocycles. The van der Waals surface area contributed by atoms with Crippen LogP contribution in [-0.2, 0) is 15.7 Å². The monoisotopic (exact) mass is 260 g/mol. The van der Waals surface area contributed by atoms with Crippen LogP contribution in [0.2, 0.25) is 0 Å². The lowest BCUT2D eigenvalue weighted by Crippen LogP contribution is -2.30. The third kappa shape index (κ3) is 2.42. The molecule has 0 amide bonds. The fraction of sp³-hybridized carbons (Fsp3) is 0.417. The van der Waals surface area contributed by atoms with Crippen LogP contribution in [0.1, 0.15) is 18.4 Å². The molecule has 1 aliphatic carbocycles. The van der Waals surface area contributed by atoms with E-state index in [-0.39, 0.29) is 5.75 Å². The molecule has 0 atom stereocenters. The van der Waals surface area contributed by atoms with Gasteiger partial charge in [0, 0.05) is 12.8 Å². The van der Waals surface area contributed by atoms with Crippen LogP contribution in [0.25, 0.3) is 0 Å². The number of carbonyl (C=O) groups is 1. The van der Waals surface area contributed by atoms with E-state index >= 15 is 0 Å². The molecule has 1 saturated carbocycles. The first-order chi connectivity index (χ1) is 8.37. The minimum Gasteiger partial charge on any atom is -0.476 e. The Morgan fingerprint density at radius 1 is 1.33 bits per heavy atom. The van der Waals surface area contributed by atoms with Gasteiger partial charge in [0.2, 0.25) is 5.60 Å². The van der Waals surface area contributed by atoms with Crippen molar-refractivity contribution < 1.29 is 27.4 Å². The number of hydrogen-bond donors (Lipinski definition) is 0. The summed E-state index contributed by atoms with van der Waals surface area (Å²) in [6, 6.07) is 4.46. The van der Waals surface area contributed by atoms with E-state index in [4.69, 9.17) is 4.74 Å². The van der Waals surface area contributed by atoms with Crippen LogP contribution >= 0.6 is 0 Å². The van der Waals surface area contributed by atoms with E-state index in [0.717, 1.165) is 12.1 Å². The Morgan fingerprint density at radius 2 is 2.00 bits per heavy atom. The third-order valence-electron chi connectivity index (χ3n) is 2.74. The van der Waals surface area contributed by atoms with E-state index in [2.05, 4.69) is 4.74 Å². The number of methoxy groups -OCH3 is 1. The van der Waals surface area contributed by atoms with Crippen LogP contribution in [-0.4, -0.2) is 18.7 Å². The second-order valence-corrected chi connectivity index (χ2v) is 4.11. The number of hydrogen-bond acceptors (Lipinski definition) is 3. The predicted molar refractivity (Wildman–Crippen MR) is 56.1 cm³/mol. The summed E-state index contributed by atoms with van der Waals surface area (Å²) in [6.07, 6.45) is -3.52. The lowest BCUT2D eigenvalue weighted by Gasteiger charge is -2.16. The van der Waals surface area contributed by atoms with Crippen molar-refractivity contribution >= 4 is 5.97 Å². The number of carbonyl (C=O) groups excluding carboxylic acids is 1. The highest BCUT2D eigenvalue weighted by Crippen LogP contribution is 2.42. The highest BCUT2D eigenvalue weighted by atomic mass is 19.4. The minimum atomic E-state index is -4.43. The number of halogens is 3. The van der Waals surface area contributed by atoms with Gasteiger partial charge in [0.25, 0.3) is 0 Å². The molecule has 98 valence electrons. The van der Waals surface area contributed by atoms with E-state index in [1.165, 1.54) is 19.2 Å². The smallest absolute Gasteiger partial charge is 0.416 e. The first kappa shape index (κ1) is 12.7. The molecule has 0 bridgehead atoms. The summed E-state index contributed by atoms with van der Waals surface area (Å²) < 4.78 is 47.4. The molecule has 0 aliphatic heterocycles. The van der Waals surface area contributed by atoms with Crippen molar-refractivity contribution in [3.63, 3.8) is 0 Å². The fourth-order valence-corrected chi connectivity index (χ4v) is 1.61. The summed E-state index contributed by atoms with van der Waals surface area (Å²) in [5.74, 6) is -0.535. The highest BCUT2D eigenvalue weighted by molar-refractivity contribution is 5.83. The molecule has 0 radical (unpaired) electrons. The molecular formula is C12H11F3O3. The number of alkyl halides is 3. The van der Waals surface area contributed by atoms with Crippen LogP contribution in [0.15, 0.2) is 24.3 Å². The van der Waals surface area contributed by atoms with Gasteiger partial charge in [-0.2, -0.15) is 13.2 Å². The van der Waals surface area contributed by atoms with E-state index in [1.54, 1.807) is 0 Å². The van der Waals surface area contributed by atoms with Gasteiger partial charge < -0.3 is 9.47 Å². The fourth-order valence-electron chi connectivity index (χ4n) is 1.61. The normalized spacial score (nSPS) is 17.1. The molecule has 0 aromatic heterocycles. The maximum Gasteiger partial charge on any atom is 0.416 e. The zero-order chi connectivity index (χ0) is 13.4. The Balaban J connectivity index is 2.18. The maximum atomic E-state index is 12.5. The second kappa shape index (κ2) is 4.19. The maximum absolute atomic E-state index is 12.5. The minimum absolute atomic E-state index is 0.0210. The zero-order valence-corrected chi connectivity index (χ0v) is 9.58. The standard InChI is InChI=1S/C12H11F3O3/c1-17-10(16)11(5-6-11)18-9-4-2-3-8(7-9)12(13,14)15/h2-4,7H,5-6H2,1H3. The first-order valence-corrected chi connectivity index (χ1v) is 5.32. The van der Waals surface area contributed by atoms with Crippen LogP contribution in [0.5, 0.6) is 5.75 Å². The topological polar surface area (TPSA) is 35.5 Å². The Labute approximate surface area is 102 Å². The van der Waals surface area contributed by atoms with Crippen molar-refractivity contribution in [2.24, 2.45) is 0 Å². The number of benzene rings is 1. The van der Waals surface area contributed by atoms with Gasteiger partial charge in [-0.15, -0.1) is 0 Å². The van der Waals surface area contributed by atoms with Crippen LogP contribution in [0.3, 0.4) is 0 Å². The Kier molecular flexibility index (Phi) is 2.96. The van der Waals surface area contributed by atoms with Gasteiger partial charge in [0.15, 0.2) is 0 Å². The molecule has 1 aromatic rings. The molecule has 2 rings (SSSR count). The quantitative estimate of drug-likeness (QED) is 0.784. The van der Waals surface area contributed by atoms with Crippen molar-refractivity contribution in [2.45, 2.75) is 24.6 Å². The zero-order valence-electron chi connectivity index (χ0n) is 9.58. The van der Waals surface area contributed by atoms with Gasteiger partial charge in [-0.05, 0) is 18.2 Å². The Hall–Kier alpha value is -1.72. The molecule has 0 saturated heterocycles. The molecular weight excluding hydrogens is 249 g/mol. The van der Waals surface area contributed by atoms with E-state index < -0.39 is 23.3 Å². The number of rotatable bonds is 3. The number of ether oxygens (including phenoxy) is 2. The van der Waals surface area contributed by atoms with Gasteiger partial charge in [-0.1, -0.05) is 6.07 Å². The second-order valence-electron chi connectivity index (χ2n) is 4.11. The number of esters is 1. The van der Waals surface area contributed by atoms with Gasteiger partial charge in [-0.3, -0.25) is 0 Å². The highest BCUT2D eigenvalue weighted by Gasteiger charge is 2.54. The van der Waals surface area contributed by atoms with Crippen LogP contribution in [0.4, 0.5) is 13.2 Å². The first-order valence-electron chi connectivity index (χ1n) is 5.32. The molecule has 6 heteroatoms. The molecule has 0 heterocycles. The van der Waals surface area contributed by atoms with Crippen LogP contribution in [0, 0.1) is 0 Å².